The second-order valence-corrected chi connectivity index (χ2v) is 4.68. The van der Waals surface area contributed by atoms with Crippen molar-refractivity contribution in [3.05, 3.63) is 29.8 Å². The average Bonchev–Trinajstić information content (AvgIpc) is 2.39. The lowest BCUT2D eigenvalue weighted by Crippen LogP contribution is -2.46. The second kappa shape index (κ2) is 5.19. The van der Waals surface area contributed by atoms with E-state index >= 15 is 0 Å². The lowest BCUT2D eigenvalue weighted by molar-refractivity contribution is -0.127. The third-order valence-corrected chi connectivity index (χ3v) is 3.07. The number of ether oxygens (including phenoxy) is 1. The maximum Gasteiger partial charge on any atom is 0.253 e. The zero-order chi connectivity index (χ0) is 13.1. The van der Waals surface area contributed by atoms with Gasteiger partial charge < -0.3 is 9.64 Å². The molecule has 1 aliphatic heterocycles. The maximum atomic E-state index is 11.8. The van der Waals surface area contributed by atoms with Crippen molar-refractivity contribution >= 4 is 11.6 Å². The molecule has 1 unspecified atom stereocenters. The molecular weight excluding hydrogens is 228 g/mol. The van der Waals surface area contributed by atoms with Crippen molar-refractivity contribution in [2.75, 3.05) is 18.1 Å². The highest BCUT2D eigenvalue weighted by molar-refractivity contribution is 5.95. The standard InChI is InChI=1S/C14H16N2O2/c1-10(2)11-3-5-12(6-4-11)16-8-13(7-15)18-9-14(16)17/h3-6,10,13H,8-9H2,1-2H3. The van der Waals surface area contributed by atoms with E-state index in [0.717, 1.165) is 5.69 Å². The third-order valence-electron chi connectivity index (χ3n) is 3.07. The molecule has 18 heavy (non-hydrogen) atoms. The van der Waals surface area contributed by atoms with Gasteiger partial charge in [0.25, 0.3) is 5.91 Å². The smallest absolute Gasteiger partial charge is 0.253 e. The Morgan fingerprint density at radius 3 is 2.61 bits per heavy atom. The van der Waals surface area contributed by atoms with Crippen molar-refractivity contribution in [3.63, 3.8) is 0 Å². The normalized spacial score (nSPS) is 20.0. The molecule has 1 fully saturated rings. The number of hydrogen-bond acceptors (Lipinski definition) is 3. The number of carbonyl (C=O) groups excluding carboxylic acids is 1. The van der Waals surface area contributed by atoms with Crippen LogP contribution in [0, 0.1) is 11.3 Å². The molecule has 0 bridgehead atoms. The Morgan fingerprint density at radius 1 is 1.39 bits per heavy atom. The maximum absolute atomic E-state index is 11.8. The predicted octanol–water partition coefficient (Wildman–Crippen LogP) is 2.07. The summed E-state index contributed by atoms with van der Waals surface area (Å²) in [6.45, 7) is 4.53. The molecule has 1 aromatic rings. The van der Waals surface area contributed by atoms with Crippen LogP contribution in [0.5, 0.6) is 0 Å². The van der Waals surface area contributed by atoms with E-state index in [9.17, 15) is 4.79 Å². The zero-order valence-corrected chi connectivity index (χ0v) is 10.6. The number of benzene rings is 1. The molecule has 0 aliphatic carbocycles. The van der Waals surface area contributed by atoms with E-state index in [0.29, 0.717) is 12.5 Å². The van der Waals surface area contributed by atoms with Crippen molar-refractivity contribution in [1.29, 1.82) is 5.26 Å². The average molecular weight is 244 g/mol. The van der Waals surface area contributed by atoms with Gasteiger partial charge in [-0.1, -0.05) is 26.0 Å². The number of rotatable bonds is 2. The fourth-order valence-corrected chi connectivity index (χ4v) is 1.94. The van der Waals surface area contributed by atoms with Crippen LogP contribution in [-0.4, -0.2) is 25.2 Å². The monoisotopic (exact) mass is 244 g/mol. The van der Waals surface area contributed by atoms with Gasteiger partial charge in [-0.15, -0.1) is 0 Å². The molecule has 1 heterocycles. The Morgan fingerprint density at radius 2 is 2.06 bits per heavy atom. The first kappa shape index (κ1) is 12.6. The molecule has 0 N–H and O–H groups in total. The number of hydrogen-bond donors (Lipinski definition) is 0. The molecule has 1 saturated heterocycles. The summed E-state index contributed by atoms with van der Waals surface area (Å²) in [5.41, 5.74) is 2.06. The van der Waals surface area contributed by atoms with Crippen LogP contribution >= 0.6 is 0 Å². The van der Waals surface area contributed by atoms with Gasteiger partial charge >= 0.3 is 0 Å². The minimum atomic E-state index is -0.535. The van der Waals surface area contributed by atoms with Crippen molar-refractivity contribution in [1.82, 2.24) is 0 Å². The van der Waals surface area contributed by atoms with Crippen molar-refractivity contribution < 1.29 is 9.53 Å². The van der Waals surface area contributed by atoms with E-state index in [1.54, 1.807) is 4.90 Å². The van der Waals surface area contributed by atoms with Crippen LogP contribution in [0.1, 0.15) is 25.3 Å². The lowest BCUT2D eigenvalue weighted by Gasteiger charge is -2.29. The SMILES string of the molecule is CC(C)c1ccc(N2CC(C#N)OCC2=O)cc1. The van der Waals surface area contributed by atoms with Gasteiger partial charge in [0.05, 0.1) is 12.6 Å². The zero-order valence-electron chi connectivity index (χ0n) is 10.6. The summed E-state index contributed by atoms with van der Waals surface area (Å²) >= 11 is 0. The van der Waals surface area contributed by atoms with Crippen LogP contribution in [0.2, 0.25) is 0 Å². The molecule has 1 amide bonds. The number of amides is 1. The molecule has 0 aromatic heterocycles. The highest BCUT2D eigenvalue weighted by Crippen LogP contribution is 2.22. The van der Waals surface area contributed by atoms with Crippen LogP contribution in [-0.2, 0) is 9.53 Å². The highest BCUT2D eigenvalue weighted by Gasteiger charge is 2.27. The quantitative estimate of drug-likeness (QED) is 0.800. The van der Waals surface area contributed by atoms with Gasteiger partial charge in [-0.2, -0.15) is 5.26 Å². The molecule has 4 heteroatoms. The summed E-state index contributed by atoms with van der Waals surface area (Å²) in [7, 11) is 0. The Hall–Kier alpha value is -1.86. The number of nitriles is 1. The number of nitrogens with zero attached hydrogens (tertiary/aromatic N) is 2. The van der Waals surface area contributed by atoms with Crippen LogP contribution in [0.4, 0.5) is 5.69 Å². The Balaban J connectivity index is 2.19. The molecular formula is C14H16N2O2. The highest BCUT2D eigenvalue weighted by atomic mass is 16.5. The molecule has 0 saturated carbocycles. The van der Waals surface area contributed by atoms with Gasteiger partial charge in [-0.05, 0) is 23.6 Å². The van der Waals surface area contributed by atoms with E-state index in [1.807, 2.05) is 30.3 Å². The summed E-state index contributed by atoms with van der Waals surface area (Å²) in [4.78, 5) is 13.4. The van der Waals surface area contributed by atoms with E-state index in [1.165, 1.54) is 5.56 Å². The summed E-state index contributed by atoms with van der Waals surface area (Å²) in [6, 6.07) is 9.92. The van der Waals surface area contributed by atoms with Gasteiger partial charge in [-0.3, -0.25) is 4.79 Å². The van der Waals surface area contributed by atoms with Gasteiger partial charge in [0.15, 0.2) is 6.10 Å². The van der Waals surface area contributed by atoms with Crippen LogP contribution in [0.25, 0.3) is 0 Å². The van der Waals surface area contributed by atoms with Crippen LogP contribution in [0.15, 0.2) is 24.3 Å². The van der Waals surface area contributed by atoms with Crippen molar-refractivity contribution in [3.8, 4) is 6.07 Å². The summed E-state index contributed by atoms with van der Waals surface area (Å²) in [5, 5.41) is 8.85. The van der Waals surface area contributed by atoms with Crippen LogP contribution < -0.4 is 4.90 Å². The van der Waals surface area contributed by atoms with Crippen LogP contribution in [0.3, 0.4) is 0 Å². The fourth-order valence-electron chi connectivity index (χ4n) is 1.94. The molecule has 1 aromatic carbocycles. The van der Waals surface area contributed by atoms with E-state index in [2.05, 4.69) is 13.8 Å². The topological polar surface area (TPSA) is 53.3 Å². The minimum absolute atomic E-state index is 0.0237. The second-order valence-electron chi connectivity index (χ2n) is 4.68. The molecule has 2 rings (SSSR count). The van der Waals surface area contributed by atoms with E-state index in [-0.39, 0.29) is 12.5 Å². The molecule has 4 nitrogen and oxygen atoms in total. The predicted molar refractivity (Wildman–Crippen MR) is 68.2 cm³/mol. The molecule has 94 valence electrons. The van der Waals surface area contributed by atoms with Gasteiger partial charge in [0.2, 0.25) is 0 Å². The molecule has 1 atom stereocenters. The largest absolute Gasteiger partial charge is 0.352 e. The van der Waals surface area contributed by atoms with E-state index in [4.69, 9.17) is 10.00 Å². The molecule has 0 spiro atoms. The Kier molecular flexibility index (Phi) is 3.63. The molecule has 0 radical (unpaired) electrons. The van der Waals surface area contributed by atoms with Gasteiger partial charge in [-0.25, -0.2) is 0 Å². The number of anilines is 1. The first-order valence-corrected chi connectivity index (χ1v) is 6.03. The first-order valence-electron chi connectivity index (χ1n) is 6.03. The van der Waals surface area contributed by atoms with Gasteiger partial charge in [0.1, 0.15) is 6.61 Å². The minimum Gasteiger partial charge on any atom is -0.352 e. The molecule has 1 aliphatic rings. The van der Waals surface area contributed by atoms with Crippen molar-refractivity contribution in [2.24, 2.45) is 0 Å². The van der Waals surface area contributed by atoms with Gasteiger partial charge in [0, 0.05) is 5.69 Å². The Labute approximate surface area is 107 Å². The summed E-state index contributed by atoms with van der Waals surface area (Å²) < 4.78 is 5.10. The fraction of sp³-hybridized carbons (Fsp3) is 0.429. The van der Waals surface area contributed by atoms with E-state index < -0.39 is 6.10 Å². The number of morpholine rings is 1. The third kappa shape index (κ3) is 2.52. The summed E-state index contributed by atoms with van der Waals surface area (Å²) in [6.07, 6.45) is -0.535. The first-order chi connectivity index (χ1) is 8.61. The van der Waals surface area contributed by atoms with Crippen molar-refractivity contribution in [2.45, 2.75) is 25.9 Å². The lowest BCUT2D eigenvalue weighted by atomic mass is 10.0. The Bertz CT molecular complexity index is 474. The summed E-state index contributed by atoms with van der Waals surface area (Å²) in [5.74, 6) is 0.366. The number of carbonyl (C=O) groups is 1.